The Morgan fingerprint density at radius 2 is 0.871 bits per heavy atom. The Labute approximate surface area is 191 Å². The molecule has 0 amide bonds. The molecule has 4 aliphatic rings. The third kappa shape index (κ3) is 7.69. The fourth-order valence-corrected chi connectivity index (χ4v) is 6.36. The van der Waals surface area contributed by atoms with Crippen LogP contribution in [0.5, 0.6) is 0 Å². The molecule has 0 aromatic heterocycles. The van der Waals surface area contributed by atoms with Crippen molar-refractivity contribution in [2.45, 2.75) is 146 Å². The molecule has 4 rings (SSSR count). The molecule has 0 atom stereocenters. The highest BCUT2D eigenvalue weighted by Crippen LogP contribution is 2.33. The molecule has 0 N–H and O–H groups in total. The van der Waals surface area contributed by atoms with Crippen molar-refractivity contribution in [1.29, 1.82) is 0 Å². The van der Waals surface area contributed by atoms with Crippen molar-refractivity contribution >= 4 is 0 Å². The molecule has 4 nitrogen and oxygen atoms in total. The fraction of sp³-hybridized carbons (Fsp3) is 1.00. The average molecular weight is 437 g/mol. The van der Waals surface area contributed by atoms with Gasteiger partial charge in [0, 0.05) is 13.7 Å². The van der Waals surface area contributed by atoms with Crippen LogP contribution in [0.1, 0.15) is 110 Å². The lowest BCUT2D eigenvalue weighted by Gasteiger charge is -2.36. The molecule has 4 saturated carbocycles. The number of methoxy groups -OCH3 is 1. The average Bonchev–Trinajstić information content (AvgIpc) is 2.81. The molecule has 0 spiro atoms. The SMILES string of the molecule is COC1CCC(OC2CCC(COC3CCC(OC4CCC(C)CC4)CC3)CC2)CC1. The van der Waals surface area contributed by atoms with Crippen LogP contribution >= 0.6 is 0 Å². The number of hydrogen-bond acceptors (Lipinski definition) is 4. The van der Waals surface area contributed by atoms with E-state index >= 15 is 0 Å². The van der Waals surface area contributed by atoms with Gasteiger partial charge in [-0.3, -0.25) is 0 Å². The molecule has 0 radical (unpaired) electrons. The molecule has 0 saturated heterocycles. The van der Waals surface area contributed by atoms with E-state index in [4.69, 9.17) is 18.9 Å². The van der Waals surface area contributed by atoms with Crippen molar-refractivity contribution in [2.75, 3.05) is 13.7 Å². The van der Waals surface area contributed by atoms with Crippen LogP contribution in [-0.2, 0) is 18.9 Å². The van der Waals surface area contributed by atoms with Gasteiger partial charge >= 0.3 is 0 Å². The Morgan fingerprint density at radius 1 is 0.484 bits per heavy atom. The van der Waals surface area contributed by atoms with Crippen LogP contribution in [0.3, 0.4) is 0 Å². The molecule has 0 aromatic rings. The summed E-state index contributed by atoms with van der Waals surface area (Å²) in [7, 11) is 1.84. The Kier molecular flexibility index (Phi) is 9.55. The maximum absolute atomic E-state index is 6.44. The van der Waals surface area contributed by atoms with Crippen molar-refractivity contribution in [3.05, 3.63) is 0 Å². The van der Waals surface area contributed by atoms with E-state index in [1.165, 1.54) is 89.9 Å². The third-order valence-corrected chi connectivity index (χ3v) is 8.67. The van der Waals surface area contributed by atoms with E-state index in [0.29, 0.717) is 36.6 Å². The summed E-state index contributed by atoms with van der Waals surface area (Å²) in [6.45, 7) is 3.34. The van der Waals surface area contributed by atoms with Crippen LogP contribution in [0.4, 0.5) is 0 Å². The zero-order valence-electron chi connectivity index (χ0n) is 20.3. The van der Waals surface area contributed by atoms with Crippen LogP contribution in [0, 0.1) is 11.8 Å². The fourth-order valence-electron chi connectivity index (χ4n) is 6.36. The number of ether oxygens (including phenoxy) is 4. The van der Waals surface area contributed by atoms with Gasteiger partial charge in [0.2, 0.25) is 0 Å². The molecular weight excluding hydrogens is 388 g/mol. The lowest BCUT2D eigenvalue weighted by molar-refractivity contribution is -0.0880. The maximum atomic E-state index is 6.44. The summed E-state index contributed by atoms with van der Waals surface area (Å²) in [5, 5.41) is 0. The summed E-state index contributed by atoms with van der Waals surface area (Å²) >= 11 is 0. The molecule has 0 aromatic carbocycles. The van der Waals surface area contributed by atoms with Crippen molar-refractivity contribution in [3.8, 4) is 0 Å². The zero-order chi connectivity index (χ0) is 21.5. The summed E-state index contributed by atoms with van der Waals surface area (Å²) in [4.78, 5) is 0. The van der Waals surface area contributed by atoms with E-state index < -0.39 is 0 Å². The van der Waals surface area contributed by atoms with Gasteiger partial charge in [-0.25, -0.2) is 0 Å². The second-order valence-electron chi connectivity index (χ2n) is 11.2. The smallest absolute Gasteiger partial charge is 0.0580 e. The van der Waals surface area contributed by atoms with E-state index in [9.17, 15) is 0 Å². The van der Waals surface area contributed by atoms with Gasteiger partial charge in [-0.05, 0) is 115 Å². The first-order valence-corrected chi connectivity index (χ1v) is 13.6. The van der Waals surface area contributed by atoms with Crippen molar-refractivity contribution in [1.82, 2.24) is 0 Å². The van der Waals surface area contributed by atoms with E-state index in [0.717, 1.165) is 31.3 Å². The normalized spacial score (nSPS) is 42.4. The highest BCUT2D eigenvalue weighted by molar-refractivity contribution is 4.80. The van der Waals surface area contributed by atoms with E-state index in [1.54, 1.807) is 0 Å². The van der Waals surface area contributed by atoms with Gasteiger partial charge in [-0.1, -0.05) is 6.92 Å². The zero-order valence-corrected chi connectivity index (χ0v) is 20.3. The molecule has 0 aliphatic heterocycles. The van der Waals surface area contributed by atoms with Gasteiger partial charge in [0.15, 0.2) is 0 Å². The standard InChI is InChI=1S/C27H48O4/c1-20-3-7-24(8-4-20)30-27-17-13-23(14-18-27)29-19-21-5-9-25(10-6-21)31-26-15-11-22(28-2)12-16-26/h20-27H,3-19H2,1-2H3. The second-order valence-corrected chi connectivity index (χ2v) is 11.2. The quantitative estimate of drug-likeness (QED) is 0.438. The van der Waals surface area contributed by atoms with Gasteiger partial charge in [-0.2, -0.15) is 0 Å². The summed E-state index contributed by atoms with van der Waals surface area (Å²) in [5.74, 6) is 1.64. The highest BCUT2D eigenvalue weighted by atomic mass is 16.5. The largest absolute Gasteiger partial charge is 0.381 e. The minimum atomic E-state index is 0.463. The van der Waals surface area contributed by atoms with Crippen LogP contribution in [0.25, 0.3) is 0 Å². The molecule has 180 valence electrons. The minimum Gasteiger partial charge on any atom is -0.381 e. The third-order valence-electron chi connectivity index (χ3n) is 8.67. The molecule has 0 bridgehead atoms. The van der Waals surface area contributed by atoms with E-state index in [-0.39, 0.29) is 0 Å². The summed E-state index contributed by atoms with van der Waals surface area (Å²) in [5.41, 5.74) is 0. The molecule has 4 fully saturated rings. The van der Waals surface area contributed by atoms with E-state index in [1.807, 2.05) is 7.11 Å². The number of hydrogen-bond donors (Lipinski definition) is 0. The lowest BCUT2D eigenvalue weighted by atomic mass is 9.87. The Morgan fingerprint density at radius 3 is 1.35 bits per heavy atom. The Bertz CT molecular complexity index is 479. The van der Waals surface area contributed by atoms with Gasteiger partial charge in [0.05, 0.1) is 36.6 Å². The van der Waals surface area contributed by atoms with Crippen LogP contribution in [-0.4, -0.2) is 50.3 Å². The molecule has 0 heterocycles. The van der Waals surface area contributed by atoms with Gasteiger partial charge < -0.3 is 18.9 Å². The monoisotopic (exact) mass is 436 g/mol. The van der Waals surface area contributed by atoms with Crippen LogP contribution in [0.2, 0.25) is 0 Å². The topological polar surface area (TPSA) is 36.9 Å². The molecular formula is C27H48O4. The van der Waals surface area contributed by atoms with Crippen LogP contribution in [0.15, 0.2) is 0 Å². The Hall–Kier alpha value is -0.160. The minimum absolute atomic E-state index is 0.463. The van der Waals surface area contributed by atoms with Crippen molar-refractivity contribution < 1.29 is 18.9 Å². The maximum Gasteiger partial charge on any atom is 0.0580 e. The van der Waals surface area contributed by atoms with Gasteiger partial charge in [-0.15, -0.1) is 0 Å². The van der Waals surface area contributed by atoms with Crippen molar-refractivity contribution in [3.63, 3.8) is 0 Å². The van der Waals surface area contributed by atoms with Crippen molar-refractivity contribution in [2.24, 2.45) is 11.8 Å². The second kappa shape index (κ2) is 12.3. The summed E-state index contributed by atoms with van der Waals surface area (Å²) < 4.78 is 24.7. The molecule has 0 unspecified atom stereocenters. The van der Waals surface area contributed by atoms with E-state index in [2.05, 4.69) is 6.92 Å². The molecule has 4 heteroatoms. The van der Waals surface area contributed by atoms with Gasteiger partial charge in [0.1, 0.15) is 0 Å². The molecule has 4 aliphatic carbocycles. The Balaban J connectivity index is 1.04. The van der Waals surface area contributed by atoms with Crippen LogP contribution < -0.4 is 0 Å². The predicted molar refractivity (Wildman–Crippen MR) is 124 cm³/mol. The lowest BCUT2D eigenvalue weighted by Crippen LogP contribution is -2.33. The highest BCUT2D eigenvalue weighted by Gasteiger charge is 2.30. The summed E-state index contributed by atoms with van der Waals surface area (Å²) in [6, 6.07) is 0. The van der Waals surface area contributed by atoms with Gasteiger partial charge in [0.25, 0.3) is 0 Å². The summed E-state index contributed by atoms with van der Waals surface area (Å²) in [6.07, 6.45) is 22.6. The first-order valence-electron chi connectivity index (χ1n) is 13.6. The number of rotatable bonds is 8. The predicted octanol–water partition coefficient (Wildman–Crippen LogP) is 6.44. The first kappa shape index (κ1) is 24.0. The first-order chi connectivity index (χ1) is 15.2. The molecule has 31 heavy (non-hydrogen) atoms.